The van der Waals surface area contributed by atoms with Gasteiger partial charge in [-0.05, 0) is 42.0 Å². The van der Waals surface area contributed by atoms with Gasteiger partial charge in [0.05, 0.1) is 5.56 Å². The molecule has 1 aromatic rings. The summed E-state index contributed by atoms with van der Waals surface area (Å²) in [5.41, 5.74) is 0.582. The number of hydrogen-bond donors (Lipinski definition) is 2. The molecule has 2 N–H and O–H groups in total. The Labute approximate surface area is 140 Å². The van der Waals surface area contributed by atoms with Crippen molar-refractivity contribution in [2.75, 3.05) is 39.1 Å². The number of aromatic nitrogens is 1. The lowest BCUT2D eigenvalue weighted by Gasteiger charge is -2.16. The van der Waals surface area contributed by atoms with E-state index in [0.29, 0.717) is 17.9 Å². The smallest absolute Gasteiger partial charge is 0.255 e. The van der Waals surface area contributed by atoms with Crippen molar-refractivity contribution in [3.63, 3.8) is 0 Å². The predicted octanol–water partition coefficient (Wildman–Crippen LogP) is 2.09. The van der Waals surface area contributed by atoms with Crippen LogP contribution in [0, 0.1) is 0 Å². The Balaban J connectivity index is 0. The van der Waals surface area contributed by atoms with Crippen molar-refractivity contribution < 1.29 is 4.79 Å². The highest BCUT2D eigenvalue weighted by atomic mass is 79.9. The molecule has 20 heavy (non-hydrogen) atoms. The van der Waals surface area contributed by atoms with Gasteiger partial charge in [0, 0.05) is 31.3 Å². The van der Waals surface area contributed by atoms with E-state index < -0.39 is 0 Å². The maximum atomic E-state index is 12.1. The van der Waals surface area contributed by atoms with Crippen LogP contribution in [0.2, 0.25) is 0 Å². The van der Waals surface area contributed by atoms with Crippen molar-refractivity contribution in [2.24, 2.45) is 0 Å². The van der Waals surface area contributed by atoms with Crippen molar-refractivity contribution in [1.82, 2.24) is 15.6 Å². The molecule has 1 aromatic heterocycles. The van der Waals surface area contributed by atoms with Gasteiger partial charge in [0.2, 0.25) is 0 Å². The second-order valence-corrected chi connectivity index (χ2v) is 5.05. The largest absolute Gasteiger partial charge is 0.362 e. The zero-order valence-corrected chi connectivity index (χ0v) is 15.0. The molecule has 0 atom stereocenters. The van der Waals surface area contributed by atoms with E-state index in [0.717, 1.165) is 17.4 Å². The summed E-state index contributed by atoms with van der Waals surface area (Å²) in [5, 5.41) is 5.93. The molecule has 0 saturated carbocycles. The van der Waals surface area contributed by atoms with E-state index in [9.17, 15) is 4.79 Å². The molecule has 0 saturated heterocycles. The Morgan fingerprint density at radius 2 is 2.00 bits per heavy atom. The number of rotatable bonds is 6. The molecule has 116 valence electrons. The molecule has 0 spiro atoms. The Kier molecular flexibility index (Phi) is 12.1. The lowest BCUT2D eigenvalue weighted by molar-refractivity contribution is 0.0953. The van der Waals surface area contributed by atoms with E-state index in [4.69, 9.17) is 0 Å². The van der Waals surface area contributed by atoms with E-state index >= 15 is 0 Å². The first kappa shape index (κ1) is 21.7. The third-order valence-corrected chi connectivity index (χ3v) is 2.82. The van der Waals surface area contributed by atoms with Gasteiger partial charge in [-0.3, -0.25) is 4.79 Å². The van der Waals surface area contributed by atoms with E-state index in [1.54, 1.807) is 12.3 Å². The van der Waals surface area contributed by atoms with Gasteiger partial charge in [-0.25, -0.2) is 4.98 Å². The number of halogens is 3. The summed E-state index contributed by atoms with van der Waals surface area (Å²) >= 11 is 3.34. The molecule has 1 amide bonds. The molecule has 0 radical (unpaired) electrons. The molecular formula is C12H21BrCl2N4O. The first-order valence-corrected chi connectivity index (χ1v) is 6.61. The first-order chi connectivity index (χ1) is 8.56. The van der Waals surface area contributed by atoms with Gasteiger partial charge in [0.1, 0.15) is 5.82 Å². The van der Waals surface area contributed by atoms with Crippen molar-refractivity contribution in [3.05, 3.63) is 22.3 Å². The van der Waals surface area contributed by atoms with Gasteiger partial charge >= 0.3 is 0 Å². The average molecular weight is 388 g/mol. The summed E-state index contributed by atoms with van der Waals surface area (Å²) in [7, 11) is 5.63. The first-order valence-electron chi connectivity index (χ1n) is 5.82. The van der Waals surface area contributed by atoms with Crippen LogP contribution >= 0.6 is 40.7 Å². The molecule has 1 rings (SSSR count). The second-order valence-electron chi connectivity index (χ2n) is 4.13. The molecular weight excluding hydrogens is 367 g/mol. The van der Waals surface area contributed by atoms with Crippen LogP contribution in [0.3, 0.4) is 0 Å². The molecule has 0 unspecified atom stereocenters. The summed E-state index contributed by atoms with van der Waals surface area (Å²) in [4.78, 5) is 18.1. The normalized spacial score (nSPS) is 9.20. The SMILES string of the molecule is CNCCCNC(=O)c1cc(Br)cnc1N(C)C.Cl.Cl. The number of amides is 1. The molecule has 0 aliphatic heterocycles. The second kappa shape index (κ2) is 11.1. The van der Waals surface area contributed by atoms with Crippen LogP contribution in [0.5, 0.6) is 0 Å². The van der Waals surface area contributed by atoms with Crippen LogP contribution in [0.25, 0.3) is 0 Å². The highest BCUT2D eigenvalue weighted by molar-refractivity contribution is 9.10. The molecule has 8 heteroatoms. The number of carbonyl (C=O) groups is 1. The maximum absolute atomic E-state index is 12.1. The van der Waals surface area contributed by atoms with Gasteiger partial charge in [-0.2, -0.15) is 0 Å². The molecule has 0 aliphatic rings. The van der Waals surface area contributed by atoms with Crippen LogP contribution in [0.4, 0.5) is 5.82 Å². The summed E-state index contributed by atoms with van der Waals surface area (Å²) < 4.78 is 0.800. The van der Waals surface area contributed by atoms with Gasteiger partial charge in [-0.1, -0.05) is 0 Å². The number of anilines is 1. The van der Waals surface area contributed by atoms with Crippen molar-refractivity contribution in [2.45, 2.75) is 6.42 Å². The molecule has 0 aromatic carbocycles. The van der Waals surface area contributed by atoms with Crippen molar-refractivity contribution in [3.8, 4) is 0 Å². The fraction of sp³-hybridized carbons (Fsp3) is 0.500. The molecule has 0 fully saturated rings. The molecule has 0 aliphatic carbocycles. The fourth-order valence-corrected chi connectivity index (χ4v) is 1.85. The van der Waals surface area contributed by atoms with Crippen molar-refractivity contribution >= 4 is 52.5 Å². The lowest BCUT2D eigenvalue weighted by atomic mass is 10.2. The minimum Gasteiger partial charge on any atom is -0.362 e. The predicted molar refractivity (Wildman–Crippen MR) is 91.6 cm³/mol. The number of nitrogens with one attached hydrogen (secondary N) is 2. The summed E-state index contributed by atoms with van der Waals surface area (Å²) in [6.07, 6.45) is 2.59. The van der Waals surface area contributed by atoms with Gasteiger partial charge in [0.25, 0.3) is 5.91 Å². The highest BCUT2D eigenvalue weighted by Gasteiger charge is 2.14. The Morgan fingerprint density at radius 1 is 1.35 bits per heavy atom. The highest BCUT2D eigenvalue weighted by Crippen LogP contribution is 2.19. The number of carbonyl (C=O) groups excluding carboxylic acids is 1. The summed E-state index contributed by atoms with van der Waals surface area (Å²) in [6.45, 7) is 1.54. The number of pyridine rings is 1. The zero-order chi connectivity index (χ0) is 13.5. The quantitative estimate of drug-likeness (QED) is 0.734. The van der Waals surface area contributed by atoms with E-state index in [-0.39, 0.29) is 30.7 Å². The number of nitrogens with zero attached hydrogens (tertiary/aromatic N) is 2. The van der Waals surface area contributed by atoms with Crippen LogP contribution < -0.4 is 15.5 Å². The van der Waals surface area contributed by atoms with Gasteiger partial charge < -0.3 is 15.5 Å². The monoisotopic (exact) mass is 386 g/mol. The van der Waals surface area contributed by atoms with Crippen LogP contribution in [0.15, 0.2) is 16.7 Å². The Morgan fingerprint density at radius 3 is 2.55 bits per heavy atom. The van der Waals surface area contributed by atoms with E-state index in [2.05, 4.69) is 31.5 Å². The lowest BCUT2D eigenvalue weighted by Crippen LogP contribution is -2.28. The van der Waals surface area contributed by atoms with E-state index in [1.165, 1.54) is 0 Å². The minimum absolute atomic E-state index is 0. The maximum Gasteiger partial charge on any atom is 0.255 e. The van der Waals surface area contributed by atoms with E-state index in [1.807, 2.05) is 26.0 Å². The molecule has 0 bridgehead atoms. The van der Waals surface area contributed by atoms with Crippen LogP contribution in [0.1, 0.15) is 16.8 Å². The Bertz CT molecular complexity index is 418. The summed E-state index contributed by atoms with van der Waals surface area (Å²) in [6, 6.07) is 1.79. The van der Waals surface area contributed by atoms with Gasteiger partial charge in [0.15, 0.2) is 0 Å². The average Bonchev–Trinajstić information content (AvgIpc) is 2.34. The third kappa shape index (κ3) is 6.74. The molecule has 1 heterocycles. The standard InChI is InChI=1S/C12H19BrN4O.2ClH/c1-14-5-4-6-15-12(18)10-7-9(13)8-16-11(10)17(2)3;;/h7-8,14H,4-6H2,1-3H3,(H,15,18);2*1H. The third-order valence-electron chi connectivity index (χ3n) is 2.39. The topological polar surface area (TPSA) is 57.3 Å². The number of hydrogen-bond acceptors (Lipinski definition) is 4. The Hall–Kier alpha value is -0.560. The zero-order valence-electron chi connectivity index (χ0n) is 11.8. The molecule has 5 nitrogen and oxygen atoms in total. The summed E-state index contributed by atoms with van der Waals surface area (Å²) in [5.74, 6) is 0.577. The minimum atomic E-state index is -0.0939. The fourth-order valence-electron chi connectivity index (χ4n) is 1.52. The van der Waals surface area contributed by atoms with Crippen LogP contribution in [-0.2, 0) is 0 Å². The van der Waals surface area contributed by atoms with Crippen molar-refractivity contribution in [1.29, 1.82) is 0 Å². The van der Waals surface area contributed by atoms with Gasteiger partial charge in [-0.15, -0.1) is 24.8 Å². The van der Waals surface area contributed by atoms with Crippen LogP contribution in [-0.4, -0.2) is 45.1 Å².